The van der Waals surface area contributed by atoms with Gasteiger partial charge in [-0.3, -0.25) is 9.36 Å². The first-order chi connectivity index (χ1) is 11.5. The van der Waals surface area contributed by atoms with Crippen molar-refractivity contribution in [3.8, 4) is 0 Å². The van der Waals surface area contributed by atoms with E-state index in [9.17, 15) is 9.36 Å². The van der Waals surface area contributed by atoms with Crippen molar-refractivity contribution in [1.82, 2.24) is 0 Å². The Morgan fingerprint density at radius 2 is 1.75 bits per heavy atom. The highest BCUT2D eigenvalue weighted by Gasteiger charge is 2.25. The summed E-state index contributed by atoms with van der Waals surface area (Å²) in [5, 5.41) is 0. The molecule has 24 heavy (non-hydrogen) atoms. The van der Waals surface area contributed by atoms with E-state index >= 15 is 0 Å². The van der Waals surface area contributed by atoms with E-state index in [-0.39, 0.29) is 25.3 Å². The molecule has 9 heteroatoms. The van der Waals surface area contributed by atoms with E-state index in [0.717, 1.165) is 5.75 Å². The van der Waals surface area contributed by atoms with Crippen molar-refractivity contribution in [1.29, 1.82) is 0 Å². The number of hydrogen-bond donors (Lipinski definition) is 0. The molecular formula is C15H21O5PS3. The first-order valence-corrected chi connectivity index (χ1v) is 11.5. The van der Waals surface area contributed by atoms with Gasteiger partial charge in [0.05, 0.1) is 19.0 Å². The summed E-state index contributed by atoms with van der Waals surface area (Å²) < 4.78 is 27.9. The topological polar surface area (TPSA) is 61.8 Å². The van der Waals surface area contributed by atoms with Crippen LogP contribution in [-0.2, 0) is 28.9 Å². The molecule has 0 fully saturated rings. The van der Waals surface area contributed by atoms with Gasteiger partial charge in [-0.15, -0.1) is 11.8 Å². The summed E-state index contributed by atoms with van der Waals surface area (Å²) in [6.07, 6.45) is -0.377. The van der Waals surface area contributed by atoms with Crippen LogP contribution >= 0.6 is 43.3 Å². The summed E-state index contributed by atoms with van der Waals surface area (Å²) in [7, 11) is -3.36. The molecule has 0 N–H and O–H groups in total. The molecule has 0 bridgehead atoms. The minimum Gasteiger partial charge on any atom is -0.452 e. The molecule has 0 aliphatic rings. The molecule has 1 aromatic carbocycles. The van der Waals surface area contributed by atoms with Gasteiger partial charge in [-0.1, -0.05) is 54.3 Å². The highest BCUT2D eigenvalue weighted by atomic mass is 32.2. The average molecular weight is 409 g/mol. The summed E-state index contributed by atoms with van der Waals surface area (Å²) in [4.78, 5) is 11.7. The number of ether oxygens (including phenoxy) is 1. The zero-order valence-corrected chi connectivity index (χ0v) is 17.0. The van der Waals surface area contributed by atoms with Crippen molar-refractivity contribution in [2.45, 2.75) is 19.6 Å². The van der Waals surface area contributed by atoms with Gasteiger partial charge in [-0.05, 0) is 19.4 Å². The van der Waals surface area contributed by atoms with Crippen LogP contribution in [0.25, 0.3) is 0 Å². The van der Waals surface area contributed by atoms with E-state index in [2.05, 4.69) is 0 Å². The molecule has 0 aromatic heterocycles. The molecule has 0 unspecified atom stereocenters. The van der Waals surface area contributed by atoms with E-state index < -0.39 is 13.6 Å². The summed E-state index contributed by atoms with van der Waals surface area (Å²) in [6.45, 7) is 3.85. The van der Waals surface area contributed by atoms with E-state index in [1.54, 1.807) is 13.8 Å². The van der Waals surface area contributed by atoms with Gasteiger partial charge in [0.2, 0.25) is 0 Å². The van der Waals surface area contributed by atoms with Crippen LogP contribution in [0.2, 0.25) is 0 Å². The summed E-state index contributed by atoms with van der Waals surface area (Å²) in [5.74, 6) is 0.326. The lowest BCUT2D eigenvalue weighted by Crippen LogP contribution is -2.12. The van der Waals surface area contributed by atoms with Crippen LogP contribution in [-0.4, -0.2) is 34.8 Å². The molecule has 0 amide bonds. The number of carbonyl (C=O) groups is 1. The van der Waals surface area contributed by atoms with Gasteiger partial charge < -0.3 is 13.8 Å². The number of carbonyl (C=O) groups excluding carboxylic acids is 1. The number of benzene rings is 1. The maximum Gasteiger partial charge on any atom is 0.367 e. The van der Waals surface area contributed by atoms with Crippen LogP contribution in [0.4, 0.5) is 0 Å². The third-order valence-corrected chi connectivity index (χ3v) is 7.03. The largest absolute Gasteiger partial charge is 0.452 e. The van der Waals surface area contributed by atoms with E-state index in [1.165, 1.54) is 29.1 Å². The molecule has 1 rings (SSSR count). The van der Waals surface area contributed by atoms with E-state index in [1.807, 2.05) is 30.3 Å². The normalized spacial score (nSPS) is 11.2. The van der Waals surface area contributed by atoms with Gasteiger partial charge in [0, 0.05) is 5.75 Å². The smallest absolute Gasteiger partial charge is 0.367 e. The van der Waals surface area contributed by atoms with Crippen molar-refractivity contribution in [3.05, 3.63) is 35.9 Å². The molecule has 0 atom stereocenters. The van der Waals surface area contributed by atoms with Gasteiger partial charge in [-0.2, -0.15) is 0 Å². The molecule has 134 valence electrons. The molecule has 5 nitrogen and oxygen atoms in total. The van der Waals surface area contributed by atoms with Gasteiger partial charge in [0.1, 0.15) is 3.53 Å². The third kappa shape index (κ3) is 9.20. The second-order valence-corrected chi connectivity index (χ2v) is 9.56. The minimum atomic E-state index is -3.36. The molecule has 0 saturated carbocycles. The Labute approximate surface area is 156 Å². The van der Waals surface area contributed by atoms with Crippen LogP contribution in [0.5, 0.6) is 0 Å². The maximum absolute atomic E-state index is 12.2. The van der Waals surface area contributed by atoms with Crippen molar-refractivity contribution >= 4 is 52.8 Å². The van der Waals surface area contributed by atoms with Gasteiger partial charge in [0.25, 0.3) is 0 Å². The molecule has 1 aromatic rings. The van der Waals surface area contributed by atoms with Crippen molar-refractivity contribution < 1.29 is 23.1 Å². The van der Waals surface area contributed by atoms with Crippen LogP contribution in [0.15, 0.2) is 30.3 Å². The van der Waals surface area contributed by atoms with E-state index in [0.29, 0.717) is 3.53 Å². The molecular weight excluding hydrogens is 387 g/mol. The molecule has 0 aliphatic heterocycles. The lowest BCUT2D eigenvalue weighted by atomic mass is 10.2. The number of hydrogen-bond acceptors (Lipinski definition) is 8. The second-order valence-electron chi connectivity index (χ2n) is 4.40. The Balaban J connectivity index is 2.27. The fourth-order valence-corrected chi connectivity index (χ4v) is 4.72. The molecule has 0 spiro atoms. The minimum absolute atomic E-state index is 0.0683. The Kier molecular flexibility index (Phi) is 10.9. The second kappa shape index (κ2) is 12.1. The van der Waals surface area contributed by atoms with Crippen molar-refractivity contribution in [2.75, 3.05) is 25.3 Å². The molecule has 0 heterocycles. The zero-order valence-electron chi connectivity index (χ0n) is 13.6. The molecule has 0 aliphatic carbocycles. The number of rotatable bonds is 10. The number of thioether (sulfide) groups is 2. The summed E-state index contributed by atoms with van der Waals surface area (Å²) in [6, 6.07) is 9.94. The summed E-state index contributed by atoms with van der Waals surface area (Å²) in [5.41, 5.74) is 1.17. The first kappa shape index (κ1) is 21.7. The van der Waals surface area contributed by atoms with E-state index in [4.69, 9.17) is 26.0 Å². The van der Waals surface area contributed by atoms with Gasteiger partial charge >= 0.3 is 13.6 Å². The zero-order chi connectivity index (χ0) is 17.8. The average Bonchev–Trinajstić information content (AvgIpc) is 2.58. The van der Waals surface area contributed by atoms with Gasteiger partial charge in [-0.25, -0.2) is 0 Å². The Bertz CT molecular complexity index is 557. The van der Waals surface area contributed by atoms with Gasteiger partial charge in [0.15, 0.2) is 6.35 Å². The standard InChI is InChI=1S/C15H21O5PS3/c1-3-19-21(17,20-4-2)12-18-14(16)11-24-15(22)23-10-13-8-6-5-7-9-13/h5-9H,3-4,10-12H2,1-2H3. The lowest BCUT2D eigenvalue weighted by Gasteiger charge is -2.16. The molecule has 0 saturated heterocycles. The van der Waals surface area contributed by atoms with Crippen LogP contribution in [0.1, 0.15) is 19.4 Å². The Morgan fingerprint density at radius 3 is 2.33 bits per heavy atom. The predicted octanol–water partition coefficient (Wildman–Crippen LogP) is 4.70. The number of thiocarbonyl (C=S) groups is 1. The lowest BCUT2D eigenvalue weighted by molar-refractivity contribution is -0.138. The third-order valence-electron chi connectivity index (χ3n) is 2.54. The van der Waals surface area contributed by atoms with Crippen LogP contribution < -0.4 is 0 Å². The SMILES string of the molecule is CCOP(=O)(COC(=O)CSC(=S)SCc1ccccc1)OCC. The number of esters is 1. The fourth-order valence-electron chi connectivity index (χ4n) is 1.57. The van der Waals surface area contributed by atoms with Crippen LogP contribution in [0, 0.1) is 0 Å². The highest BCUT2D eigenvalue weighted by molar-refractivity contribution is 8.47. The Morgan fingerprint density at radius 1 is 1.12 bits per heavy atom. The van der Waals surface area contributed by atoms with Crippen LogP contribution in [0.3, 0.4) is 0 Å². The van der Waals surface area contributed by atoms with Crippen molar-refractivity contribution in [3.63, 3.8) is 0 Å². The highest BCUT2D eigenvalue weighted by Crippen LogP contribution is 2.47. The Hall–Kier alpha value is -0.370. The summed E-state index contributed by atoms with van der Waals surface area (Å²) >= 11 is 7.95. The maximum atomic E-state index is 12.2. The first-order valence-electron chi connectivity index (χ1n) is 7.36. The quantitative estimate of drug-likeness (QED) is 0.313. The molecule has 0 radical (unpaired) electrons. The van der Waals surface area contributed by atoms with Crippen molar-refractivity contribution in [2.24, 2.45) is 0 Å². The monoisotopic (exact) mass is 408 g/mol. The predicted molar refractivity (Wildman–Crippen MR) is 105 cm³/mol. The fraction of sp³-hybridized carbons (Fsp3) is 0.467.